The second kappa shape index (κ2) is 4.80. The first-order valence-corrected chi connectivity index (χ1v) is 5.34. The molecule has 0 aromatic carbocycles. The van der Waals surface area contributed by atoms with Crippen molar-refractivity contribution in [2.24, 2.45) is 0 Å². The number of nitrogens with zero attached hydrogens (tertiary/aromatic N) is 1. The summed E-state index contributed by atoms with van der Waals surface area (Å²) >= 11 is 3.01. The Kier molecular flexibility index (Phi) is 3.98. The number of likely N-dealkylation sites (tertiary alicyclic amines) is 1. The lowest BCUT2D eigenvalue weighted by Gasteiger charge is -2.15. The van der Waals surface area contributed by atoms with Crippen molar-refractivity contribution in [3.63, 3.8) is 0 Å². The molecular formula is C8H13BrFNO. The summed E-state index contributed by atoms with van der Waals surface area (Å²) in [6.45, 7) is 1.63. The molecule has 0 N–H and O–H groups in total. The normalized spacial score (nSPS) is 19.7. The van der Waals surface area contributed by atoms with Gasteiger partial charge in [0.25, 0.3) is 0 Å². The van der Waals surface area contributed by atoms with Crippen LogP contribution in [0.2, 0.25) is 0 Å². The highest BCUT2D eigenvalue weighted by molar-refractivity contribution is 9.09. The minimum Gasteiger partial charge on any atom is -0.343 e. The van der Waals surface area contributed by atoms with Crippen LogP contribution in [-0.4, -0.2) is 35.4 Å². The Morgan fingerprint density at radius 3 is 2.58 bits per heavy atom. The van der Waals surface area contributed by atoms with Gasteiger partial charge in [0, 0.05) is 18.4 Å². The highest BCUT2D eigenvalue weighted by Gasteiger charge is 2.20. The average Bonchev–Trinajstić information content (AvgIpc) is 2.56. The second-order valence-corrected chi connectivity index (χ2v) is 3.69. The lowest BCUT2D eigenvalue weighted by atomic mass is 10.3. The summed E-state index contributed by atoms with van der Waals surface area (Å²) in [5, 5.41) is 0.257. The van der Waals surface area contributed by atoms with Crippen molar-refractivity contribution < 1.29 is 9.18 Å². The molecule has 1 amide bonds. The molecule has 0 saturated carbocycles. The third-order valence-electron chi connectivity index (χ3n) is 2.02. The maximum atomic E-state index is 12.7. The minimum atomic E-state index is -1.03. The van der Waals surface area contributed by atoms with Crippen molar-refractivity contribution in [1.82, 2.24) is 4.90 Å². The van der Waals surface area contributed by atoms with Gasteiger partial charge in [-0.3, -0.25) is 4.79 Å². The third-order valence-corrected chi connectivity index (χ3v) is 2.72. The molecule has 0 unspecified atom stereocenters. The van der Waals surface area contributed by atoms with E-state index in [1.807, 2.05) is 0 Å². The molecule has 1 aliphatic heterocycles. The van der Waals surface area contributed by atoms with Gasteiger partial charge in [-0.05, 0) is 12.8 Å². The molecule has 1 rings (SSSR count). The van der Waals surface area contributed by atoms with E-state index in [0.29, 0.717) is 0 Å². The summed E-state index contributed by atoms with van der Waals surface area (Å²) < 4.78 is 12.7. The van der Waals surface area contributed by atoms with Gasteiger partial charge in [-0.2, -0.15) is 0 Å². The molecule has 0 radical (unpaired) electrons. The predicted octanol–water partition coefficient (Wildman–Crippen LogP) is 1.73. The molecule has 0 aromatic heterocycles. The van der Waals surface area contributed by atoms with Crippen LogP contribution in [0.4, 0.5) is 4.39 Å². The molecule has 0 spiro atoms. The van der Waals surface area contributed by atoms with Crippen LogP contribution in [0.5, 0.6) is 0 Å². The molecule has 0 aliphatic carbocycles. The second-order valence-electron chi connectivity index (χ2n) is 3.04. The standard InChI is InChI=1S/C8H13BrFNO/c9-6-7(10)5-8(12)11-3-1-2-4-11/h7H,1-6H2/t7-/m1/s1. The Bertz CT molecular complexity index is 159. The number of hydrogen-bond donors (Lipinski definition) is 0. The van der Waals surface area contributed by atoms with Gasteiger partial charge in [0.1, 0.15) is 6.17 Å². The Morgan fingerprint density at radius 2 is 2.08 bits per heavy atom. The predicted molar refractivity (Wildman–Crippen MR) is 49.1 cm³/mol. The number of hydrogen-bond acceptors (Lipinski definition) is 1. The SMILES string of the molecule is O=C(C[C@@H](F)CBr)N1CCCC1. The van der Waals surface area contributed by atoms with Gasteiger partial charge >= 0.3 is 0 Å². The quantitative estimate of drug-likeness (QED) is 0.685. The van der Waals surface area contributed by atoms with E-state index < -0.39 is 6.17 Å². The lowest BCUT2D eigenvalue weighted by molar-refractivity contribution is -0.131. The smallest absolute Gasteiger partial charge is 0.225 e. The number of amides is 1. The van der Waals surface area contributed by atoms with E-state index in [-0.39, 0.29) is 17.7 Å². The van der Waals surface area contributed by atoms with Crippen molar-refractivity contribution in [2.45, 2.75) is 25.4 Å². The fraction of sp³-hybridized carbons (Fsp3) is 0.875. The Hall–Kier alpha value is -0.120. The van der Waals surface area contributed by atoms with E-state index in [9.17, 15) is 9.18 Å². The third kappa shape index (κ3) is 2.73. The summed E-state index contributed by atoms with van der Waals surface area (Å²) in [6.07, 6.45) is 1.14. The fourth-order valence-electron chi connectivity index (χ4n) is 1.34. The number of carbonyl (C=O) groups excluding carboxylic acids is 1. The summed E-state index contributed by atoms with van der Waals surface area (Å²) in [6, 6.07) is 0. The van der Waals surface area contributed by atoms with Gasteiger partial charge in [-0.1, -0.05) is 15.9 Å². The Labute approximate surface area is 80.2 Å². The van der Waals surface area contributed by atoms with E-state index in [1.165, 1.54) is 0 Å². The molecule has 70 valence electrons. The number of alkyl halides is 2. The molecule has 12 heavy (non-hydrogen) atoms. The molecule has 1 saturated heterocycles. The van der Waals surface area contributed by atoms with Crippen LogP contribution in [0.25, 0.3) is 0 Å². The van der Waals surface area contributed by atoms with E-state index in [2.05, 4.69) is 15.9 Å². The maximum Gasteiger partial charge on any atom is 0.225 e. The van der Waals surface area contributed by atoms with Gasteiger partial charge in [-0.15, -0.1) is 0 Å². The molecular weight excluding hydrogens is 225 g/mol. The molecule has 0 bridgehead atoms. The van der Waals surface area contributed by atoms with Crippen LogP contribution in [0.1, 0.15) is 19.3 Å². The molecule has 2 nitrogen and oxygen atoms in total. The molecule has 4 heteroatoms. The van der Waals surface area contributed by atoms with Gasteiger partial charge in [0.2, 0.25) is 5.91 Å². The topological polar surface area (TPSA) is 20.3 Å². The Morgan fingerprint density at radius 1 is 1.50 bits per heavy atom. The van der Waals surface area contributed by atoms with Crippen LogP contribution in [0, 0.1) is 0 Å². The van der Waals surface area contributed by atoms with Crippen molar-refractivity contribution in [1.29, 1.82) is 0 Å². The van der Waals surface area contributed by atoms with Gasteiger partial charge in [0.05, 0.1) is 6.42 Å². The molecule has 1 heterocycles. The van der Waals surface area contributed by atoms with Gasteiger partial charge < -0.3 is 4.90 Å². The van der Waals surface area contributed by atoms with Crippen LogP contribution < -0.4 is 0 Å². The minimum absolute atomic E-state index is 0.0330. The summed E-state index contributed by atoms with van der Waals surface area (Å²) in [5.41, 5.74) is 0. The first-order chi connectivity index (χ1) is 5.74. The monoisotopic (exact) mass is 237 g/mol. The summed E-state index contributed by atoms with van der Waals surface area (Å²) in [5.74, 6) is -0.0422. The first-order valence-electron chi connectivity index (χ1n) is 4.22. The summed E-state index contributed by atoms with van der Waals surface area (Å²) in [7, 11) is 0. The maximum absolute atomic E-state index is 12.7. The van der Waals surface area contributed by atoms with Crippen LogP contribution >= 0.6 is 15.9 Å². The molecule has 0 aromatic rings. The number of carbonyl (C=O) groups is 1. The van der Waals surface area contributed by atoms with Crippen LogP contribution in [-0.2, 0) is 4.79 Å². The van der Waals surface area contributed by atoms with Crippen LogP contribution in [0.15, 0.2) is 0 Å². The summed E-state index contributed by atoms with van der Waals surface area (Å²) in [4.78, 5) is 13.0. The molecule has 1 aliphatic rings. The first kappa shape index (κ1) is 9.96. The number of halogens is 2. The molecule has 1 fully saturated rings. The fourth-order valence-corrected chi connectivity index (χ4v) is 1.57. The highest BCUT2D eigenvalue weighted by atomic mass is 79.9. The van der Waals surface area contributed by atoms with Gasteiger partial charge in [-0.25, -0.2) is 4.39 Å². The lowest BCUT2D eigenvalue weighted by Crippen LogP contribution is -2.30. The van der Waals surface area contributed by atoms with E-state index in [4.69, 9.17) is 0 Å². The van der Waals surface area contributed by atoms with Crippen LogP contribution in [0.3, 0.4) is 0 Å². The zero-order chi connectivity index (χ0) is 8.97. The van der Waals surface area contributed by atoms with Gasteiger partial charge in [0.15, 0.2) is 0 Å². The average molecular weight is 238 g/mol. The van der Waals surface area contributed by atoms with Crippen molar-refractivity contribution in [3.05, 3.63) is 0 Å². The zero-order valence-corrected chi connectivity index (χ0v) is 8.52. The van der Waals surface area contributed by atoms with E-state index in [1.54, 1.807) is 4.90 Å². The highest BCUT2D eigenvalue weighted by Crippen LogP contribution is 2.11. The van der Waals surface area contributed by atoms with Crippen molar-refractivity contribution in [2.75, 3.05) is 18.4 Å². The largest absolute Gasteiger partial charge is 0.343 e. The van der Waals surface area contributed by atoms with Crippen molar-refractivity contribution in [3.8, 4) is 0 Å². The van der Waals surface area contributed by atoms with E-state index in [0.717, 1.165) is 25.9 Å². The number of rotatable bonds is 3. The van der Waals surface area contributed by atoms with Crippen molar-refractivity contribution >= 4 is 21.8 Å². The zero-order valence-electron chi connectivity index (χ0n) is 6.93. The molecule has 1 atom stereocenters. The van der Waals surface area contributed by atoms with E-state index >= 15 is 0 Å². The Balaban J connectivity index is 2.27.